The molecule has 0 amide bonds. The van der Waals surface area contributed by atoms with Crippen LogP contribution in [0.15, 0.2) is 36.9 Å². The van der Waals surface area contributed by atoms with Gasteiger partial charge in [-0.2, -0.15) is 0 Å². The van der Waals surface area contributed by atoms with Gasteiger partial charge in [-0.25, -0.2) is 0 Å². The second-order valence-corrected chi connectivity index (χ2v) is 3.51. The van der Waals surface area contributed by atoms with Crippen molar-refractivity contribution in [2.75, 3.05) is 0 Å². The van der Waals surface area contributed by atoms with E-state index in [0.717, 1.165) is 18.4 Å². The summed E-state index contributed by atoms with van der Waals surface area (Å²) in [5.74, 6) is 0. The highest BCUT2D eigenvalue weighted by Gasteiger charge is 1.94. The SMILES string of the molecule is C=CCCCCc1cccc(CO)c1. The molecule has 0 aliphatic heterocycles. The fraction of sp³-hybridized carbons (Fsp3) is 0.385. The Kier molecular flexibility index (Phi) is 5.02. The third kappa shape index (κ3) is 3.75. The maximum Gasteiger partial charge on any atom is 0.0681 e. The molecule has 0 heterocycles. The Morgan fingerprint density at radius 3 is 2.71 bits per heavy atom. The molecule has 1 nitrogen and oxygen atoms in total. The minimum Gasteiger partial charge on any atom is -0.392 e. The number of unbranched alkanes of at least 4 members (excludes halogenated alkanes) is 2. The smallest absolute Gasteiger partial charge is 0.0681 e. The first-order valence-electron chi connectivity index (χ1n) is 5.16. The predicted molar refractivity (Wildman–Crippen MR) is 60.1 cm³/mol. The number of benzene rings is 1. The minimum absolute atomic E-state index is 0.139. The summed E-state index contributed by atoms with van der Waals surface area (Å²) in [5.41, 5.74) is 2.33. The molecule has 0 fully saturated rings. The van der Waals surface area contributed by atoms with E-state index in [0.29, 0.717) is 0 Å². The Morgan fingerprint density at radius 2 is 2.00 bits per heavy atom. The molecule has 0 atom stereocenters. The first kappa shape index (κ1) is 11.0. The number of aliphatic hydroxyl groups is 1. The molecule has 1 rings (SSSR count). The van der Waals surface area contributed by atoms with E-state index < -0.39 is 0 Å². The van der Waals surface area contributed by atoms with Crippen molar-refractivity contribution in [3.05, 3.63) is 48.0 Å². The zero-order valence-electron chi connectivity index (χ0n) is 8.58. The first-order valence-corrected chi connectivity index (χ1v) is 5.16. The Labute approximate surface area is 86.1 Å². The van der Waals surface area contributed by atoms with Crippen LogP contribution in [0, 0.1) is 0 Å². The molecule has 0 bridgehead atoms. The molecule has 1 aromatic carbocycles. The van der Waals surface area contributed by atoms with Crippen LogP contribution in [-0.4, -0.2) is 5.11 Å². The van der Waals surface area contributed by atoms with Crippen molar-refractivity contribution in [2.24, 2.45) is 0 Å². The van der Waals surface area contributed by atoms with Crippen molar-refractivity contribution >= 4 is 0 Å². The fourth-order valence-electron chi connectivity index (χ4n) is 1.50. The second kappa shape index (κ2) is 6.39. The Bertz CT molecular complexity index is 278. The van der Waals surface area contributed by atoms with Crippen molar-refractivity contribution in [1.82, 2.24) is 0 Å². The second-order valence-electron chi connectivity index (χ2n) is 3.51. The van der Waals surface area contributed by atoms with Crippen LogP contribution in [0.25, 0.3) is 0 Å². The van der Waals surface area contributed by atoms with Gasteiger partial charge in [0.2, 0.25) is 0 Å². The van der Waals surface area contributed by atoms with Crippen molar-refractivity contribution in [2.45, 2.75) is 32.3 Å². The number of hydrogen-bond donors (Lipinski definition) is 1. The lowest BCUT2D eigenvalue weighted by Crippen LogP contribution is -1.88. The van der Waals surface area contributed by atoms with Crippen molar-refractivity contribution < 1.29 is 5.11 Å². The fourth-order valence-corrected chi connectivity index (χ4v) is 1.50. The summed E-state index contributed by atoms with van der Waals surface area (Å²) >= 11 is 0. The molecule has 14 heavy (non-hydrogen) atoms. The van der Waals surface area contributed by atoms with Gasteiger partial charge in [0, 0.05) is 0 Å². The molecule has 0 aliphatic carbocycles. The first-order chi connectivity index (χ1) is 6.86. The number of hydrogen-bond acceptors (Lipinski definition) is 1. The molecule has 0 saturated heterocycles. The lowest BCUT2D eigenvalue weighted by molar-refractivity contribution is 0.281. The maximum absolute atomic E-state index is 8.96. The van der Waals surface area contributed by atoms with Crippen LogP contribution in [0.5, 0.6) is 0 Å². The standard InChI is InChI=1S/C13H18O/c1-2-3-4-5-7-12-8-6-9-13(10-12)11-14/h2,6,8-10,14H,1,3-5,7,11H2. The van der Waals surface area contributed by atoms with Gasteiger partial charge >= 0.3 is 0 Å². The predicted octanol–water partition coefficient (Wildman–Crippen LogP) is 3.08. The average molecular weight is 190 g/mol. The van der Waals surface area contributed by atoms with E-state index in [2.05, 4.69) is 18.7 Å². The monoisotopic (exact) mass is 190 g/mol. The third-order valence-electron chi connectivity index (χ3n) is 2.30. The van der Waals surface area contributed by atoms with Gasteiger partial charge in [0.05, 0.1) is 6.61 Å². The molecule has 76 valence electrons. The Morgan fingerprint density at radius 1 is 1.21 bits per heavy atom. The number of rotatable bonds is 6. The topological polar surface area (TPSA) is 20.2 Å². The summed E-state index contributed by atoms with van der Waals surface area (Å²) in [4.78, 5) is 0. The van der Waals surface area contributed by atoms with Crippen molar-refractivity contribution in [3.63, 3.8) is 0 Å². The zero-order chi connectivity index (χ0) is 10.2. The lowest BCUT2D eigenvalue weighted by Gasteiger charge is -2.02. The summed E-state index contributed by atoms with van der Waals surface area (Å²) in [7, 11) is 0. The summed E-state index contributed by atoms with van der Waals surface area (Å²) in [6, 6.07) is 8.16. The van der Waals surface area contributed by atoms with E-state index in [-0.39, 0.29) is 6.61 Å². The average Bonchev–Trinajstić information content (AvgIpc) is 2.25. The quantitative estimate of drug-likeness (QED) is 0.540. The number of aryl methyl sites for hydroxylation is 1. The molecular formula is C13H18O. The molecule has 0 unspecified atom stereocenters. The van der Waals surface area contributed by atoms with Gasteiger partial charge in [-0.1, -0.05) is 30.3 Å². The number of allylic oxidation sites excluding steroid dienone is 1. The highest BCUT2D eigenvalue weighted by Crippen LogP contribution is 2.09. The van der Waals surface area contributed by atoms with Gasteiger partial charge in [-0.3, -0.25) is 0 Å². The normalized spacial score (nSPS) is 10.1. The van der Waals surface area contributed by atoms with Crippen LogP contribution < -0.4 is 0 Å². The van der Waals surface area contributed by atoms with Crippen LogP contribution >= 0.6 is 0 Å². The van der Waals surface area contributed by atoms with E-state index in [4.69, 9.17) is 5.11 Å². The van der Waals surface area contributed by atoms with Gasteiger partial charge in [0.25, 0.3) is 0 Å². The summed E-state index contributed by atoms with van der Waals surface area (Å²) in [5, 5.41) is 8.96. The van der Waals surface area contributed by atoms with Gasteiger partial charge in [-0.15, -0.1) is 6.58 Å². The molecule has 1 N–H and O–H groups in total. The number of aliphatic hydroxyl groups excluding tert-OH is 1. The lowest BCUT2D eigenvalue weighted by atomic mass is 10.0. The summed E-state index contributed by atoms with van der Waals surface area (Å²) in [6.07, 6.45) is 6.55. The highest BCUT2D eigenvalue weighted by molar-refractivity contribution is 5.22. The summed E-state index contributed by atoms with van der Waals surface area (Å²) < 4.78 is 0. The van der Waals surface area contributed by atoms with Crippen LogP contribution in [0.4, 0.5) is 0 Å². The van der Waals surface area contributed by atoms with Crippen LogP contribution in [0.1, 0.15) is 30.4 Å². The van der Waals surface area contributed by atoms with Crippen molar-refractivity contribution in [3.8, 4) is 0 Å². The van der Waals surface area contributed by atoms with Gasteiger partial charge in [-0.05, 0) is 36.8 Å². The van der Waals surface area contributed by atoms with Gasteiger partial charge in [0.1, 0.15) is 0 Å². The largest absolute Gasteiger partial charge is 0.392 e. The van der Waals surface area contributed by atoms with Gasteiger partial charge in [0.15, 0.2) is 0 Å². The molecule has 0 aliphatic rings. The third-order valence-corrected chi connectivity index (χ3v) is 2.30. The maximum atomic E-state index is 8.96. The van der Waals surface area contributed by atoms with Crippen LogP contribution in [-0.2, 0) is 13.0 Å². The van der Waals surface area contributed by atoms with E-state index in [9.17, 15) is 0 Å². The molecule has 0 aromatic heterocycles. The zero-order valence-corrected chi connectivity index (χ0v) is 8.58. The van der Waals surface area contributed by atoms with E-state index in [1.165, 1.54) is 18.4 Å². The Hall–Kier alpha value is -1.08. The molecule has 0 saturated carbocycles. The van der Waals surface area contributed by atoms with E-state index >= 15 is 0 Å². The highest BCUT2D eigenvalue weighted by atomic mass is 16.3. The van der Waals surface area contributed by atoms with E-state index in [1.54, 1.807) is 0 Å². The minimum atomic E-state index is 0.139. The van der Waals surface area contributed by atoms with Crippen LogP contribution in [0.2, 0.25) is 0 Å². The van der Waals surface area contributed by atoms with Gasteiger partial charge < -0.3 is 5.11 Å². The Balaban J connectivity index is 2.38. The molecule has 0 spiro atoms. The van der Waals surface area contributed by atoms with Crippen LogP contribution in [0.3, 0.4) is 0 Å². The molecule has 1 aromatic rings. The molecular weight excluding hydrogens is 172 g/mol. The van der Waals surface area contributed by atoms with Crippen molar-refractivity contribution in [1.29, 1.82) is 0 Å². The van der Waals surface area contributed by atoms with E-state index in [1.807, 2.05) is 18.2 Å². The molecule has 0 radical (unpaired) electrons. The summed E-state index contributed by atoms with van der Waals surface area (Å²) in [6.45, 7) is 3.84. The molecule has 1 heteroatoms.